The van der Waals surface area contributed by atoms with Crippen molar-refractivity contribution in [1.82, 2.24) is 30.3 Å². The van der Waals surface area contributed by atoms with Crippen LogP contribution >= 0.6 is 24.0 Å². The summed E-state index contributed by atoms with van der Waals surface area (Å²) in [6.45, 7) is 3.19. The number of fused-ring (bicyclic) bond motifs is 5. The first-order chi connectivity index (χ1) is 15.5. The molecule has 1 saturated heterocycles. The number of guanidine groups is 1. The summed E-state index contributed by atoms with van der Waals surface area (Å²) in [5.41, 5.74) is 0. The molecule has 5 rings (SSSR count). The Hall–Kier alpha value is -1.98. The Bertz CT molecular complexity index is 923. The molecular formula is C23H34IN7O2. The summed E-state index contributed by atoms with van der Waals surface area (Å²) in [5, 5.41) is 15.2. The van der Waals surface area contributed by atoms with Crippen molar-refractivity contribution in [3.63, 3.8) is 0 Å². The number of carbonyl (C=O) groups excluding carboxylic acids is 2. The molecule has 1 aromatic heterocycles. The third kappa shape index (κ3) is 4.67. The van der Waals surface area contributed by atoms with Crippen LogP contribution in [0.5, 0.6) is 0 Å². The van der Waals surface area contributed by atoms with Crippen LogP contribution in [0.1, 0.15) is 50.2 Å². The fraction of sp³-hybridized carbons (Fsp3) is 0.696. The number of aryl methyl sites for hydroxylation is 1. The van der Waals surface area contributed by atoms with Gasteiger partial charge in [0, 0.05) is 26.2 Å². The third-order valence-electron chi connectivity index (χ3n) is 7.70. The second kappa shape index (κ2) is 10.1. The molecule has 4 unspecified atom stereocenters. The Kier molecular flexibility index (Phi) is 7.40. The molecule has 33 heavy (non-hydrogen) atoms. The molecule has 1 aliphatic heterocycles. The van der Waals surface area contributed by atoms with Crippen molar-refractivity contribution in [1.29, 1.82) is 0 Å². The van der Waals surface area contributed by atoms with Crippen molar-refractivity contribution in [2.24, 2.45) is 35.7 Å². The highest BCUT2D eigenvalue weighted by Gasteiger charge is 2.58. The van der Waals surface area contributed by atoms with Crippen LogP contribution in [-0.2, 0) is 23.2 Å². The number of aromatic nitrogens is 3. The Morgan fingerprint density at radius 2 is 1.76 bits per heavy atom. The van der Waals surface area contributed by atoms with Crippen LogP contribution in [0.3, 0.4) is 0 Å². The van der Waals surface area contributed by atoms with Crippen LogP contribution < -0.4 is 10.6 Å². The number of imide groups is 1. The number of halogens is 1. The molecule has 4 atom stereocenters. The van der Waals surface area contributed by atoms with Crippen molar-refractivity contribution in [2.75, 3.05) is 13.1 Å². The Balaban J connectivity index is 0.00000259. The van der Waals surface area contributed by atoms with E-state index in [1.54, 1.807) is 0 Å². The van der Waals surface area contributed by atoms with Crippen LogP contribution in [0.4, 0.5) is 0 Å². The minimum Gasteiger partial charge on any atom is -0.355 e. The van der Waals surface area contributed by atoms with E-state index >= 15 is 0 Å². The smallest absolute Gasteiger partial charge is 0.233 e. The first-order valence-electron chi connectivity index (χ1n) is 12.0. The van der Waals surface area contributed by atoms with Gasteiger partial charge in [-0.3, -0.25) is 14.5 Å². The zero-order valence-corrected chi connectivity index (χ0v) is 21.7. The van der Waals surface area contributed by atoms with Gasteiger partial charge in [0.05, 0.1) is 11.8 Å². The second-order valence-electron chi connectivity index (χ2n) is 9.62. The fourth-order valence-corrected chi connectivity index (χ4v) is 5.80. The van der Waals surface area contributed by atoms with Gasteiger partial charge in [0.2, 0.25) is 11.8 Å². The number of amides is 2. The maximum atomic E-state index is 12.9. The third-order valence-corrected chi connectivity index (χ3v) is 7.70. The average molecular weight is 567 g/mol. The summed E-state index contributed by atoms with van der Waals surface area (Å²) in [7, 11) is 1.94. The van der Waals surface area contributed by atoms with Gasteiger partial charge in [-0.15, -0.1) is 34.2 Å². The number of aliphatic imine (C=N–C) groups is 1. The average Bonchev–Trinajstić information content (AvgIpc) is 3.55. The van der Waals surface area contributed by atoms with E-state index in [4.69, 9.17) is 4.99 Å². The Morgan fingerprint density at radius 1 is 1.09 bits per heavy atom. The second-order valence-corrected chi connectivity index (χ2v) is 9.62. The Labute approximate surface area is 211 Å². The van der Waals surface area contributed by atoms with Gasteiger partial charge < -0.3 is 15.2 Å². The van der Waals surface area contributed by atoms with E-state index in [2.05, 4.69) is 33.0 Å². The molecule has 9 nitrogen and oxygen atoms in total. The molecular weight excluding hydrogens is 533 g/mol. The van der Waals surface area contributed by atoms with Crippen molar-refractivity contribution >= 4 is 41.8 Å². The number of hydrogen-bond donors (Lipinski definition) is 2. The van der Waals surface area contributed by atoms with Gasteiger partial charge >= 0.3 is 0 Å². The topological polar surface area (TPSA) is 105 Å². The maximum Gasteiger partial charge on any atom is 0.233 e. The lowest BCUT2D eigenvalue weighted by Crippen LogP contribution is -2.47. The summed E-state index contributed by atoms with van der Waals surface area (Å²) in [6.07, 6.45) is 11.2. The van der Waals surface area contributed by atoms with Gasteiger partial charge in [-0.2, -0.15) is 0 Å². The fourth-order valence-electron chi connectivity index (χ4n) is 5.80. The molecule has 1 aromatic rings. The van der Waals surface area contributed by atoms with Crippen molar-refractivity contribution in [3.05, 3.63) is 23.8 Å². The predicted octanol–water partition coefficient (Wildman–Crippen LogP) is 1.92. The molecule has 0 spiro atoms. The maximum absolute atomic E-state index is 12.9. The van der Waals surface area contributed by atoms with Crippen LogP contribution in [-0.4, -0.2) is 56.6 Å². The van der Waals surface area contributed by atoms with E-state index in [-0.39, 0.29) is 59.5 Å². The van der Waals surface area contributed by atoms with Crippen LogP contribution in [0.15, 0.2) is 17.1 Å². The van der Waals surface area contributed by atoms with E-state index in [0.29, 0.717) is 31.6 Å². The van der Waals surface area contributed by atoms with E-state index in [0.717, 1.165) is 30.9 Å². The Morgan fingerprint density at radius 3 is 2.36 bits per heavy atom. The molecule has 180 valence electrons. The van der Waals surface area contributed by atoms with Crippen molar-refractivity contribution in [3.8, 4) is 0 Å². The minimum atomic E-state index is -0.134. The van der Waals surface area contributed by atoms with E-state index in [9.17, 15) is 9.59 Å². The van der Waals surface area contributed by atoms with E-state index in [1.165, 1.54) is 24.2 Å². The summed E-state index contributed by atoms with van der Waals surface area (Å²) in [5.74, 6) is 2.60. The number of likely N-dealkylation sites (tertiary alicyclic amines) is 1. The highest BCUT2D eigenvalue weighted by Crippen LogP contribution is 2.52. The monoisotopic (exact) mass is 567 g/mol. The molecule has 2 bridgehead atoms. The summed E-state index contributed by atoms with van der Waals surface area (Å²) in [4.78, 5) is 32.0. The number of nitrogens with one attached hydrogen (secondary N) is 2. The van der Waals surface area contributed by atoms with Gasteiger partial charge in [0.25, 0.3) is 0 Å². The highest BCUT2D eigenvalue weighted by molar-refractivity contribution is 14.0. The molecule has 4 aliphatic rings. The van der Waals surface area contributed by atoms with Gasteiger partial charge in [-0.05, 0) is 38.0 Å². The van der Waals surface area contributed by atoms with Crippen molar-refractivity contribution in [2.45, 2.75) is 58.0 Å². The number of nitrogens with zero attached hydrogens (tertiary/aromatic N) is 5. The lowest BCUT2D eigenvalue weighted by molar-refractivity contribution is -0.140. The van der Waals surface area contributed by atoms with Crippen LogP contribution in [0.25, 0.3) is 0 Å². The van der Waals surface area contributed by atoms with Gasteiger partial charge in [-0.1, -0.05) is 31.4 Å². The molecule has 2 N–H and O–H groups in total. The van der Waals surface area contributed by atoms with Crippen LogP contribution in [0.2, 0.25) is 0 Å². The summed E-state index contributed by atoms with van der Waals surface area (Å²) >= 11 is 0. The molecule has 2 amide bonds. The molecule has 2 heterocycles. The lowest BCUT2D eigenvalue weighted by atomic mass is 9.85. The standard InChI is InChI=1S/C23H33N7O2.HI/c1-14-27-28-18(29(14)2)13-25-23(26-17-6-4-3-5-7-17)24-10-11-30-21(31)19-15-8-9-16(12-15)20(19)22(30)32;/h8-9,15-17,19-20H,3-7,10-13H2,1-2H3,(H2,24,25,26);1H. The zero-order valence-electron chi connectivity index (χ0n) is 19.4. The molecule has 2 saturated carbocycles. The zero-order chi connectivity index (χ0) is 22.2. The number of carbonyl (C=O) groups is 2. The van der Waals surface area contributed by atoms with Gasteiger partial charge in [0.1, 0.15) is 12.4 Å². The summed E-state index contributed by atoms with van der Waals surface area (Å²) < 4.78 is 1.93. The SMILES string of the molecule is Cc1nnc(CN=C(NCCN2C(=O)C3C4C=CC(C4)C3C2=O)NC2CCCCC2)n1C.I. The summed E-state index contributed by atoms with van der Waals surface area (Å²) in [6, 6.07) is 0.396. The molecule has 3 aliphatic carbocycles. The highest BCUT2D eigenvalue weighted by atomic mass is 127. The van der Waals surface area contributed by atoms with E-state index in [1.807, 2.05) is 18.5 Å². The largest absolute Gasteiger partial charge is 0.355 e. The molecule has 10 heteroatoms. The van der Waals surface area contributed by atoms with Crippen molar-refractivity contribution < 1.29 is 9.59 Å². The molecule has 3 fully saturated rings. The first-order valence-corrected chi connectivity index (χ1v) is 12.0. The lowest BCUT2D eigenvalue weighted by Gasteiger charge is -2.25. The quantitative estimate of drug-likeness (QED) is 0.179. The predicted molar refractivity (Wildman–Crippen MR) is 135 cm³/mol. The van der Waals surface area contributed by atoms with Gasteiger partial charge in [0.15, 0.2) is 11.8 Å². The number of hydrogen-bond acceptors (Lipinski definition) is 5. The first kappa shape index (κ1) is 24.2. The van der Waals surface area contributed by atoms with E-state index < -0.39 is 0 Å². The minimum absolute atomic E-state index is 0. The normalized spacial score (nSPS) is 28.9. The van der Waals surface area contributed by atoms with Gasteiger partial charge in [-0.25, -0.2) is 4.99 Å². The number of allylic oxidation sites excluding steroid dienone is 2. The van der Waals surface area contributed by atoms with Crippen LogP contribution in [0, 0.1) is 30.6 Å². The number of rotatable bonds is 6. The molecule has 0 radical (unpaired) electrons. The molecule has 0 aromatic carbocycles.